The molecule has 2 aliphatic heterocycles. The van der Waals surface area contributed by atoms with Crippen molar-refractivity contribution in [3.63, 3.8) is 0 Å². The van der Waals surface area contributed by atoms with Crippen LogP contribution in [0.2, 0.25) is 0 Å². The van der Waals surface area contributed by atoms with Gasteiger partial charge in [-0.1, -0.05) is 49.4 Å². The molecule has 1 amide bonds. The van der Waals surface area contributed by atoms with Gasteiger partial charge in [0.1, 0.15) is 11.8 Å². The fourth-order valence-electron chi connectivity index (χ4n) is 6.38. The second kappa shape index (κ2) is 12.9. The summed E-state index contributed by atoms with van der Waals surface area (Å²) in [7, 11) is 0. The predicted molar refractivity (Wildman–Crippen MR) is 170 cm³/mol. The summed E-state index contributed by atoms with van der Waals surface area (Å²) in [5.41, 5.74) is 19.3. The Bertz CT molecular complexity index is 1590. The lowest BCUT2D eigenvalue weighted by Gasteiger charge is -2.38. The van der Waals surface area contributed by atoms with Crippen molar-refractivity contribution in [2.24, 2.45) is 4.99 Å². The summed E-state index contributed by atoms with van der Waals surface area (Å²) in [4.78, 5) is 26.7. The number of morpholine rings is 1. The van der Waals surface area contributed by atoms with Crippen LogP contribution in [0.4, 0.5) is 11.5 Å². The van der Waals surface area contributed by atoms with Gasteiger partial charge in [-0.25, -0.2) is 9.50 Å². The third-order valence-corrected chi connectivity index (χ3v) is 8.74. The number of carbonyl (C=O) groups excluding carboxylic acids is 1. The van der Waals surface area contributed by atoms with Gasteiger partial charge < -0.3 is 21.1 Å². The zero-order chi connectivity index (χ0) is 29.8. The van der Waals surface area contributed by atoms with Crippen LogP contribution in [0.15, 0.2) is 65.9 Å². The first-order chi connectivity index (χ1) is 21.0. The van der Waals surface area contributed by atoms with E-state index in [4.69, 9.17) is 16.2 Å². The third-order valence-electron chi connectivity index (χ3n) is 8.74. The first-order valence-corrected chi connectivity index (χ1v) is 15.2. The number of nitrogens with two attached hydrogens (primary N) is 2. The van der Waals surface area contributed by atoms with E-state index in [1.165, 1.54) is 6.33 Å². The van der Waals surface area contributed by atoms with Gasteiger partial charge in [0.2, 0.25) is 5.91 Å². The van der Waals surface area contributed by atoms with E-state index in [-0.39, 0.29) is 17.9 Å². The molecule has 43 heavy (non-hydrogen) atoms. The molecule has 4 N–H and O–H groups in total. The highest BCUT2D eigenvalue weighted by Crippen LogP contribution is 2.37. The van der Waals surface area contributed by atoms with Crippen LogP contribution in [0.3, 0.4) is 0 Å². The van der Waals surface area contributed by atoms with E-state index in [1.807, 2.05) is 52.0 Å². The number of ether oxygens (including phenoxy) is 1. The number of amides is 1. The molecule has 0 saturated carbocycles. The molecule has 2 aromatic carbocycles. The maximum Gasteiger partial charge on any atom is 0.239 e. The van der Waals surface area contributed by atoms with E-state index in [9.17, 15) is 4.79 Å². The summed E-state index contributed by atoms with van der Waals surface area (Å²) >= 11 is 0. The lowest BCUT2D eigenvalue weighted by atomic mass is 9.92. The summed E-state index contributed by atoms with van der Waals surface area (Å²) in [5.74, 6) is 0.898. The second-order valence-corrected chi connectivity index (χ2v) is 11.4. The molecule has 4 heterocycles. The Morgan fingerprint density at radius 2 is 1.84 bits per heavy atom. The minimum absolute atomic E-state index is 0.0782. The fourth-order valence-corrected chi connectivity index (χ4v) is 6.38. The number of carbonyl (C=O) groups is 1. The van der Waals surface area contributed by atoms with Gasteiger partial charge in [-0.2, -0.15) is 5.10 Å². The highest BCUT2D eigenvalue weighted by molar-refractivity contribution is 5.93. The molecule has 2 fully saturated rings. The number of hydrogen-bond acceptors (Lipinski definition) is 8. The highest BCUT2D eigenvalue weighted by Gasteiger charge is 2.33. The largest absolute Gasteiger partial charge is 0.398 e. The minimum Gasteiger partial charge on any atom is -0.398 e. The number of aromatic nitrogens is 3. The molecule has 0 aliphatic carbocycles. The molecule has 10 nitrogen and oxygen atoms in total. The number of likely N-dealkylation sites (tertiary alicyclic amines) is 1. The number of piperidine rings is 1. The summed E-state index contributed by atoms with van der Waals surface area (Å²) in [6.45, 7) is 7.14. The Balaban J connectivity index is 1.20. The SMILES string of the molecule is CCC(C(=O)N1CCC(c2cc(-c3ccc(C=NCc4ccccc4)c(N)c3)c3c(N)ncnn23)CC1)N1CCOCC1. The van der Waals surface area contributed by atoms with Gasteiger partial charge in [-0.3, -0.25) is 14.7 Å². The minimum atomic E-state index is -0.0782. The summed E-state index contributed by atoms with van der Waals surface area (Å²) in [6, 6.07) is 18.2. The normalized spacial score (nSPS) is 17.6. The van der Waals surface area contributed by atoms with Crippen LogP contribution in [0.5, 0.6) is 0 Å². The summed E-state index contributed by atoms with van der Waals surface area (Å²) < 4.78 is 7.43. The van der Waals surface area contributed by atoms with Crippen molar-refractivity contribution in [3.8, 4) is 11.1 Å². The standard InChI is InChI=1S/C33H40N8O2/c1-2-29(39-14-16-43-17-15-39)33(42)40-12-10-24(11-13-40)30-19-27(31-32(35)37-22-38-41(30)31)25-8-9-26(28(34)18-25)21-36-20-23-6-4-3-5-7-23/h3-9,18-19,21-22,24,29H,2,10-17,20,34H2,1H3,(H2,35,37,38). The number of aliphatic imine (C=N–C) groups is 1. The van der Waals surface area contributed by atoms with E-state index >= 15 is 0 Å². The number of benzene rings is 2. The number of fused-ring (bicyclic) bond motifs is 1. The molecular weight excluding hydrogens is 540 g/mol. The number of nitrogens with zero attached hydrogens (tertiary/aromatic N) is 6. The van der Waals surface area contributed by atoms with Gasteiger partial charge >= 0.3 is 0 Å². The Labute approximate surface area is 252 Å². The van der Waals surface area contributed by atoms with Crippen molar-refractivity contribution in [2.45, 2.75) is 44.7 Å². The molecule has 0 spiro atoms. The lowest BCUT2D eigenvalue weighted by molar-refractivity contribution is -0.140. The molecule has 6 rings (SSSR count). The van der Waals surface area contributed by atoms with Gasteiger partial charge in [0.15, 0.2) is 5.82 Å². The van der Waals surface area contributed by atoms with Crippen molar-refractivity contribution in [1.82, 2.24) is 24.4 Å². The number of hydrogen-bond donors (Lipinski definition) is 2. The predicted octanol–water partition coefficient (Wildman–Crippen LogP) is 4.00. The molecule has 10 heteroatoms. The molecule has 224 valence electrons. The van der Waals surface area contributed by atoms with Crippen LogP contribution in [0.25, 0.3) is 16.6 Å². The van der Waals surface area contributed by atoms with E-state index < -0.39 is 0 Å². The molecule has 2 aromatic heterocycles. The van der Waals surface area contributed by atoms with Gasteiger partial charge in [0.05, 0.1) is 25.8 Å². The maximum absolute atomic E-state index is 13.5. The number of nitrogen functional groups attached to an aromatic ring is 2. The monoisotopic (exact) mass is 580 g/mol. The first kappa shape index (κ1) is 28.8. The quantitative estimate of drug-likeness (QED) is 0.238. The van der Waals surface area contributed by atoms with Crippen molar-refractivity contribution in [2.75, 3.05) is 50.9 Å². The molecule has 4 aromatic rings. The molecular formula is C33H40N8O2. The lowest BCUT2D eigenvalue weighted by Crippen LogP contribution is -2.53. The zero-order valence-corrected chi connectivity index (χ0v) is 24.7. The van der Waals surface area contributed by atoms with Crippen molar-refractivity contribution < 1.29 is 9.53 Å². The molecule has 2 saturated heterocycles. The zero-order valence-electron chi connectivity index (χ0n) is 24.7. The van der Waals surface area contributed by atoms with E-state index in [2.05, 4.69) is 45.1 Å². The topological polar surface area (TPSA) is 127 Å². The van der Waals surface area contributed by atoms with Crippen LogP contribution in [-0.2, 0) is 16.1 Å². The highest BCUT2D eigenvalue weighted by atomic mass is 16.5. The first-order valence-electron chi connectivity index (χ1n) is 15.2. The second-order valence-electron chi connectivity index (χ2n) is 11.4. The van der Waals surface area contributed by atoms with Crippen LogP contribution in [0, 0.1) is 0 Å². The Morgan fingerprint density at radius 3 is 2.56 bits per heavy atom. The summed E-state index contributed by atoms with van der Waals surface area (Å²) in [5, 5.41) is 4.60. The third kappa shape index (κ3) is 6.11. The van der Waals surface area contributed by atoms with Crippen LogP contribution in [-0.4, -0.2) is 82.0 Å². The number of rotatable bonds is 8. The Kier molecular flexibility index (Phi) is 8.67. The molecule has 1 atom stereocenters. The fraction of sp³-hybridized carbons (Fsp3) is 0.394. The molecule has 0 radical (unpaired) electrons. The average molecular weight is 581 g/mol. The number of anilines is 2. The van der Waals surface area contributed by atoms with Gasteiger partial charge in [-0.05, 0) is 42.5 Å². The molecule has 2 aliphatic rings. The average Bonchev–Trinajstić information content (AvgIpc) is 3.44. The van der Waals surface area contributed by atoms with Crippen molar-refractivity contribution >= 4 is 29.1 Å². The van der Waals surface area contributed by atoms with Gasteiger partial charge in [0.25, 0.3) is 0 Å². The smallest absolute Gasteiger partial charge is 0.239 e. The van der Waals surface area contributed by atoms with Crippen LogP contribution < -0.4 is 11.5 Å². The van der Waals surface area contributed by atoms with Gasteiger partial charge in [0, 0.05) is 60.8 Å². The maximum atomic E-state index is 13.5. The van der Waals surface area contributed by atoms with E-state index in [0.717, 1.165) is 78.9 Å². The van der Waals surface area contributed by atoms with Crippen molar-refractivity contribution in [3.05, 3.63) is 77.7 Å². The molecule has 0 bridgehead atoms. The summed E-state index contributed by atoms with van der Waals surface area (Å²) in [6.07, 6.45) is 5.86. The van der Waals surface area contributed by atoms with E-state index in [0.29, 0.717) is 31.3 Å². The van der Waals surface area contributed by atoms with Crippen molar-refractivity contribution in [1.29, 1.82) is 0 Å². The Hall–Kier alpha value is -4.28. The van der Waals surface area contributed by atoms with Crippen LogP contribution >= 0.6 is 0 Å². The molecule has 1 unspecified atom stereocenters. The Morgan fingerprint density at radius 1 is 1.07 bits per heavy atom. The van der Waals surface area contributed by atoms with Gasteiger partial charge in [-0.15, -0.1) is 0 Å². The van der Waals surface area contributed by atoms with E-state index in [1.54, 1.807) is 0 Å². The van der Waals surface area contributed by atoms with Crippen LogP contribution in [0.1, 0.15) is 48.9 Å².